The Hall–Kier alpha value is -1.68. The number of H-pyrrole nitrogens is 1. The van der Waals surface area contributed by atoms with Crippen molar-refractivity contribution in [2.24, 2.45) is 5.92 Å². The minimum Gasteiger partial charge on any atom is -0.305 e. The highest BCUT2D eigenvalue weighted by Gasteiger charge is 2.16. The van der Waals surface area contributed by atoms with Crippen molar-refractivity contribution in [3.05, 3.63) is 47.3 Å². The van der Waals surface area contributed by atoms with Gasteiger partial charge in [0.1, 0.15) is 5.69 Å². The summed E-state index contributed by atoms with van der Waals surface area (Å²) in [6.07, 6.45) is 4.00. The topological polar surface area (TPSA) is 53.6 Å². The van der Waals surface area contributed by atoms with Gasteiger partial charge in [-0.05, 0) is 36.4 Å². The zero-order chi connectivity index (χ0) is 14.4. The van der Waals surface area contributed by atoms with E-state index in [9.17, 15) is 0 Å². The van der Waals surface area contributed by atoms with E-state index in [1.165, 1.54) is 11.1 Å². The van der Waals surface area contributed by atoms with Crippen LogP contribution >= 0.6 is 0 Å². The monoisotopic (exact) mass is 272 g/mol. The molecule has 0 bridgehead atoms. The molecular formula is C16H24N4. The molecule has 4 heteroatoms. The summed E-state index contributed by atoms with van der Waals surface area (Å²) in [4.78, 5) is 0. The second-order valence-electron chi connectivity index (χ2n) is 5.63. The van der Waals surface area contributed by atoms with Crippen LogP contribution in [0.3, 0.4) is 0 Å². The van der Waals surface area contributed by atoms with Gasteiger partial charge in [-0.25, -0.2) is 0 Å². The van der Waals surface area contributed by atoms with E-state index >= 15 is 0 Å². The van der Waals surface area contributed by atoms with E-state index in [4.69, 9.17) is 0 Å². The molecule has 1 heterocycles. The van der Waals surface area contributed by atoms with E-state index in [0.717, 1.165) is 25.1 Å². The van der Waals surface area contributed by atoms with Crippen molar-refractivity contribution >= 4 is 0 Å². The molecule has 0 saturated carbocycles. The van der Waals surface area contributed by atoms with E-state index in [2.05, 4.69) is 65.8 Å². The first kappa shape index (κ1) is 14.7. The van der Waals surface area contributed by atoms with Crippen LogP contribution in [-0.4, -0.2) is 22.0 Å². The standard InChI is InChI=1S/C16H24N4/c1-4-8-17-16(15-11-18-20-19-15)14-7-5-6-13(10-14)9-12(2)3/h5-7,10-12,16-17H,4,8-9H2,1-3H3,(H,18,19,20). The molecular weight excluding hydrogens is 248 g/mol. The van der Waals surface area contributed by atoms with Crippen LogP contribution in [0.2, 0.25) is 0 Å². The fourth-order valence-electron chi connectivity index (χ4n) is 2.40. The molecule has 108 valence electrons. The summed E-state index contributed by atoms with van der Waals surface area (Å²) in [5.41, 5.74) is 3.58. The van der Waals surface area contributed by atoms with Crippen LogP contribution in [0.4, 0.5) is 0 Å². The number of hydrogen-bond donors (Lipinski definition) is 2. The average molecular weight is 272 g/mol. The fraction of sp³-hybridized carbons (Fsp3) is 0.500. The first-order chi connectivity index (χ1) is 9.70. The van der Waals surface area contributed by atoms with Gasteiger partial charge in [-0.1, -0.05) is 45.0 Å². The number of aromatic amines is 1. The summed E-state index contributed by atoms with van der Waals surface area (Å²) in [5.74, 6) is 0.666. The molecule has 0 fully saturated rings. The zero-order valence-corrected chi connectivity index (χ0v) is 12.6. The van der Waals surface area contributed by atoms with Crippen LogP contribution in [-0.2, 0) is 6.42 Å². The minimum absolute atomic E-state index is 0.112. The van der Waals surface area contributed by atoms with Crippen molar-refractivity contribution in [1.29, 1.82) is 0 Å². The molecule has 1 atom stereocenters. The Bertz CT molecular complexity index is 505. The van der Waals surface area contributed by atoms with E-state index < -0.39 is 0 Å². The van der Waals surface area contributed by atoms with E-state index in [0.29, 0.717) is 5.92 Å². The van der Waals surface area contributed by atoms with Gasteiger partial charge in [0, 0.05) is 0 Å². The van der Waals surface area contributed by atoms with Crippen molar-refractivity contribution in [2.75, 3.05) is 6.54 Å². The maximum absolute atomic E-state index is 4.24. The van der Waals surface area contributed by atoms with Gasteiger partial charge in [0.25, 0.3) is 0 Å². The third kappa shape index (κ3) is 3.90. The van der Waals surface area contributed by atoms with Crippen LogP contribution in [0, 0.1) is 5.92 Å². The van der Waals surface area contributed by atoms with Crippen LogP contribution in [0.1, 0.15) is 50.1 Å². The molecule has 0 aliphatic rings. The molecule has 1 aromatic heterocycles. The lowest BCUT2D eigenvalue weighted by Crippen LogP contribution is -2.23. The Morgan fingerprint density at radius 3 is 2.80 bits per heavy atom. The van der Waals surface area contributed by atoms with Gasteiger partial charge in [0.15, 0.2) is 0 Å². The summed E-state index contributed by atoms with van der Waals surface area (Å²) in [7, 11) is 0. The molecule has 2 N–H and O–H groups in total. The van der Waals surface area contributed by atoms with Gasteiger partial charge in [0.05, 0.1) is 12.2 Å². The van der Waals surface area contributed by atoms with Crippen LogP contribution < -0.4 is 5.32 Å². The van der Waals surface area contributed by atoms with Crippen molar-refractivity contribution in [3.8, 4) is 0 Å². The number of nitrogens with zero attached hydrogens (tertiary/aromatic N) is 2. The Labute approximate surface area is 121 Å². The molecule has 0 spiro atoms. The third-order valence-electron chi connectivity index (χ3n) is 3.26. The average Bonchev–Trinajstić information content (AvgIpc) is 2.93. The van der Waals surface area contributed by atoms with Crippen molar-refractivity contribution in [2.45, 2.75) is 39.7 Å². The number of hydrogen-bond acceptors (Lipinski definition) is 3. The van der Waals surface area contributed by atoms with Crippen LogP contribution in [0.5, 0.6) is 0 Å². The Balaban J connectivity index is 2.24. The van der Waals surface area contributed by atoms with Gasteiger partial charge in [-0.2, -0.15) is 15.4 Å². The van der Waals surface area contributed by atoms with Crippen LogP contribution in [0.25, 0.3) is 0 Å². The molecule has 0 aliphatic heterocycles. The second-order valence-corrected chi connectivity index (χ2v) is 5.63. The summed E-state index contributed by atoms with van der Waals surface area (Å²) >= 11 is 0. The van der Waals surface area contributed by atoms with E-state index in [-0.39, 0.29) is 6.04 Å². The molecule has 0 aliphatic carbocycles. The SMILES string of the molecule is CCCNC(c1cccc(CC(C)C)c1)c1cn[nH]n1. The summed E-state index contributed by atoms with van der Waals surface area (Å²) in [5, 5.41) is 14.4. The van der Waals surface area contributed by atoms with E-state index in [1.54, 1.807) is 6.20 Å². The number of aromatic nitrogens is 3. The van der Waals surface area contributed by atoms with Crippen molar-refractivity contribution in [3.63, 3.8) is 0 Å². The maximum atomic E-state index is 4.24. The predicted molar refractivity (Wildman–Crippen MR) is 81.5 cm³/mol. The summed E-state index contributed by atoms with van der Waals surface area (Å²) < 4.78 is 0. The number of nitrogens with one attached hydrogen (secondary N) is 2. The fourth-order valence-corrected chi connectivity index (χ4v) is 2.40. The molecule has 20 heavy (non-hydrogen) atoms. The normalized spacial score (nSPS) is 12.8. The highest BCUT2D eigenvalue weighted by Crippen LogP contribution is 2.21. The number of rotatable bonds is 7. The summed E-state index contributed by atoms with van der Waals surface area (Å²) in [6, 6.07) is 8.88. The van der Waals surface area contributed by atoms with Gasteiger partial charge >= 0.3 is 0 Å². The highest BCUT2D eigenvalue weighted by atomic mass is 15.3. The van der Waals surface area contributed by atoms with Crippen molar-refractivity contribution in [1.82, 2.24) is 20.7 Å². The highest BCUT2D eigenvalue weighted by molar-refractivity contribution is 5.30. The van der Waals surface area contributed by atoms with E-state index in [1.807, 2.05) is 0 Å². The quantitative estimate of drug-likeness (QED) is 0.814. The number of benzene rings is 1. The lowest BCUT2D eigenvalue weighted by molar-refractivity contribution is 0.583. The van der Waals surface area contributed by atoms with Gasteiger partial charge in [-0.15, -0.1) is 0 Å². The lowest BCUT2D eigenvalue weighted by atomic mass is 9.97. The first-order valence-electron chi connectivity index (χ1n) is 7.38. The van der Waals surface area contributed by atoms with Crippen molar-refractivity contribution < 1.29 is 0 Å². The largest absolute Gasteiger partial charge is 0.305 e. The molecule has 4 nitrogen and oxygen atoms in total. The Morgan fingerprint density at radius 1 is 1.30 bits per heavy atom. The first-order valence-corrected chi connectivity index (χ1v) is 7.38. The summed E-state index contributed by atoms with van der Waals surface area (Å²) in [6.45, 7) is 7.63. The third-order valence-corrected chi connectivity index (χ3v) is 3.26. The molecule has 2 rings (SSSR count). The maximum Gasteiger partial charge on any atom is 0.104 e. The molecule has 2 aromatic rings. The Kier molecular flexibility index (Phi) is 5.30. The molecule has 1 unspecified atom stereocenters. The molecule has 0 saturated heterocycles. The molecule has 0 radical (unpaired) electrons. The van der Waals surface area contributed by atoms with Crippen LogP contribution in [0.15, 0.2) is 30.5 Å². The van der Waals surface area contributed by atoms with Gasteiger partial charge < -0.3 is 5.32 Å². The molecule has 1 aromatic carbocycles. The minimum atomic E-state index is 0.112. The second kappa shape index (κ2) is 7.20. The Morgan fingerprint density at radius 2 is 2.15 bits per heavy atom. The smallest absolute Gasteiger partial charge is 0.104 e. The predicted octanol–water partition coefficient (Wildman–Crippen LogP) is 3.09. The zero-order valence-electron chi connectivity index (χ0n) is 12.6. The molecule has 0 amide bonds. The van der Waals surface area contributed by atoms with Gasteiger partial charge in [0.2, 0.25) is 0 Å². The lowest BCUT2D eigenvalue weighted by Gasteiger charge is -2.17. The van der Waals surface area contributed by atoms with Gasteiger partial charge in [-0.3, -0.25) is 0 Å².